The molecule has 2 aromatic heterocycles. The molecule has 0 radical (unpaired) electrons. The van der Waals surface area contributed by atoms with Gasteiger partial charge in [-0.2, -0.15) is 0 Å². The van der Waals surface area contributed by atoms with Crippen LogP contribution in [0.4, 0.5) is 5.69 Å². The average molecular weight is 553 g/mol. The first kappa shape index (κ1) is 24.0. The third-order valence-corrected chi connectivity index (χ3v) is 8.76. The SMILES string of the molecule is [C-]#[N+]c1ccc2c(c1)c1ccccc1n2-c1ccc2c(c1)COCc1ccc(-c3cccc4oc5ccccc5c34)cc1-2. The van der Waals surface area contributed by atoms with Gasteiger partial charge in [0.05, 0.1) is 30.8 Å². The summed E-state index contributed by atoms with van der Waals surface area (Å²) in [6.45, 7) is 8.62. The Kier molecular flexibility index (Phi) is 5.13. The Balaban J connectivity index is 1.22. The molecule has 0 amide bonds. The van der Waals surface area contributed by atoms with Gasteiger partial charge in [-0.15, -0.1) is 0 Å². The van der Waals surface area contributed by atoms with Gasteiger partial charge in [0.2, 0.25) is 0 Å². The first-order chi connectivity index (χ1) is 21.3. The summed E-state index contributed by atoms with van der Waals surface area (Å²) in [6, 6.07) is 42.3. The van der Waals surface area contributed by atoms with E-state index in [2.05, 4.69) is 100 Å². The van der Waals surface area contributed by atoms with E-state index in [4.69, 9.17) is 15.7 Å². The fourth-order valence-corrected chi connectivity index (χ4v) is 6.82. The molecule has 1 aliphatic rings. The number of rotatable bonds is 2. The van der Waals surface area contributed by atoms with E-state index in [1.54, 1.807) is 0 Å². The van der Waals surface area contributed by atoms with Crippen LogP contribution < -0.4 is 0 Å². The van der Waals surface area contributed by atoms with Gasteiger partial charge in [-0.1, -0.05) is 72.8 Å². The second-order valence-electron chi connectivity index (χ2n) is 11.1. The molecule has 0 saturated heterocycles. The monoisotopic (exact) mass is 552 g/mol. The molecule has 9 rings (SSSR count). The van der Waals surface area contributed by atoms with E-state index in [1.165, 1.54) is 16.7 Å². The predicted molar refractivity (Wildman–Crippen MR) is 174 cm³/mol. The molecule has 6 aromatic carbocycles. The zero-order valence-electron chi connectivity index (χ0n) is 23.2. The largest absolute Gasteiger partial charge is 0.456 e. The van der Waals surface area contributed by atoms with Gasteiger partial charge in [0.1, 0.15) is 11.2 Å². The van der Waals surface area contributed by atoms with Gasteiger partial charge in [0.15, 0.2) is 5.69 Å². The Morgan fingerprint density at radius 1 is 0.581 bits per heavy atom. The number of benzene rings is 6. The van der Waals surface area contributed by atoms with Crippen molar-refractivity contribution in [3.63, 3.8) is 0 Å². The molecular formula is C39H24N2O2. The van der Waals surface area contributed by atoms with Gasteiger partial charge in [-0.05, 0) is 87.3 Å². The molecular weight excluding hydrogens is 528 g/mol. The third-order valence-electron chi connectivity index (χ3n) is 8.76. The summed E-state index contributed by atoms with van der Waals surface area (Å²) < 4.78 is 14.7. The molecule has 8 aromatic rings. The van der Waals surface area contributed by atoms with Gasteiger partial charge in [-0.3, -0.25) is 0 Å². The van der Waals surface area contributed by atoms with Crippen LogP contribution in [0, 0.1) is 6.57 Å². The smallest absolute Gasteiger partial charge is 0.188 e. The van der Waals surface area contributed by atoms with Crippen molar-refractivity contribution in [2.75, 3.05) is 0 Å². The quantitative estimate of drug-likeness (QED) is 0.200. The number of aromatic nitrogens is 1. The van der Waals surface area contributed by atoms with Gasteiger partial charge in [0.25, 0.3) is 0 Å². The maximum Gasteiger partial charge on any atom is 0.188 e. The molecule has 0 fully saturated rings. The summed E-state index contributed by atoms with van der Waals surface area (Å²) in [5.74, 6) is 0. The molecule has 0 N–H and O–H groups in total. The predicted octanol–water partition coefficient (Wildman–Crippen LogP) is 10.6. The molecule has 4 nitrogen and oxygen atoms in total. The minimum Gasteiger partial charge on any atom is -0.456 e. The highest BCUT2D eigenvalue weighted by Gasteiger charge is 2.20. The lowest BCUT2D eigenvalue weighted by atomic mass is 9.91. The fraction of sp³-hybridized carbons (Fsp3) is 0.0513. The van der Waals surface area contributed by atoms with Crippen molar-refractivity contribution in [2.24, 2.45) is 0 Å². The van der Waals surface area contributed by atoms with Crippen molar-refractivity contribution in [1.29, 1.82) is 0 Å². The van der Waals surface area contributed by atoms with E-state index in [9.17, 15) is 0 Å². The molecule has 0 spiro atoms. The highest BCUT2D eigenvalue weighted by Crippen LogP contribution is 2.41. The Morgan fingerprint density at radius 2 is 1.40 bits per heavy atom. The van der Waals surface area contributed by atoms with E-state index in [0.29, 0.717) is 18.9 Å². The van der Waals surface area contributed by atoms with Crippen LogP contribution in [0.3, 0.4) is 0 Å². The Hall–Kier alpha value is -5.63. The highest BCUT2D eigenvalue weighted by molar-refractivity contribution is 6.13. The maximum absolute atomic E-state index is 7.52. The molecule has 0 unspecified atom stereocenters. The molecule has 3 heterocycles. The molecule has 0 atom stereocenters. The molecule has 43 heavy (non-hydrogen) atoms. The molecule has 202 valence electrons. The van der Waals surface area contributed by atoms with Crippen LogP contribution in [0.15, 0.2) is 126 Å². The first-order valence-corrected chi connectivity index (χ1v) is 14.4. The van der Waals surface area contributed by atoms with Crippen molar-refractivity contribution in [3.8, 4) is 27.9 Å². The van der Waals surface area contributed by atoms with Gasteiger partial charge in [-0.25, -0.2) is 4.85 Å². The standard InChI is InChI=1S/C39H24N2O2/c1-40-27-15-18-36-34(21-27)31-7-2-4-10-35(31)41(36)28-16-17-29-26(19-28)23-42-22-25-14-13-24(20-33(25)29)30-9-6-12-38-39(30)32-8-3-5-11-37(32)43-38/h2-21H,22-23H2. The van der Waals surface area contributed by atoms with E-state index in [-0.39, 0.29) is 0 Å². The number of ether oxygens (including phenoxy) is 1. The van der Waals surface area contributed by atoms with Crippen molar-refractivity contribution in [2.45, 2.75) is 13.2 Å². The fourth-order valence-electron chi connectivity index (χ4n) is 6.82. The number of furan rings is 1. The Morgan fingerprint density at radius 3 is 2.33 bits per heavy atom. The van der Waals surface area contributed by atoms with Gasteiger partial charge >= 0.3 is 0 Å². The topological polar surface area (TPSA) is 31.7 Å². The van der Waals surface area contributed by atoms with Crippen molar-refractivity contribution >= 4 is 49.4 Å². The maximum atomic E-state index is 7.52. The first-order valence-electron chi connectivity index (χ1n) is 14.4. The van der Waals surface area contributed by atoms with Crippen LogP contribution in [-0.2, 0) is 18.0 Å². The highest BCUT2D eigenvalue weighted by atomic mass is 16.5. The summed E-state index contributed by atoms with van der Waals surface area (Å²) in [7, 11) is 0. The lowest BCUT2D eigenvalue weighted by Crippen LogP contribution is -1.97. The minimum absolute atomic E-state index is 0.536. The van der Waals surface area contributed by atoms with E-state index in [0.717, 1.165) is 66.1 Å². The van der Waals surface area contributed by atoms with Crippen molar-refractivity contribution in [3.05, 3.63) is 144 Å². The number of para-hydroxylation sites is 2. The zero-order chi connectivity index (χ0) is 28.5. The molecule has 0 saturated carbocycles. The number of nitrogens with zero attached hydrogens (tertiary/aromatic N) is 2. The van der Waals surface area contributed by atoms with Crippen LogP contribution in [0.1, 0.15) is 11.1 Å². The molecule has 0 aliphatic carbocycles. The summed E-state index contributed by atoms with van der Waals surface area (Å²) in [6.07, 6.45) is 0. The van der Waals surface area contributed by atoms with Gasteiger partial charge in [0, 0.05) is 21.8 Å². The van der Waals surface area contributed by atoms with Crippen LogP contribution in [0.5, 0.6) is 0 Å². The van der Waals surface area contributed by atoms with Crippen LogP contribution in [0.25, 0.3) is 76.5 Å². The summed E-state index contributed by atoms with van der Waals surface area (Å²) in [4.78, 5) is 3.68. The summed E-state index contributed by atoms with van der Waals surface area (Å²) in [5, 5.41) is 4.51. The molecule has 0 bridgehead atoms. The minimum atomic E-state index is 0.536. The average Bonchev–Trinajstić information content (AvgIpc) is 3.54. The van der Waals surface area contributed by atoms with Crippen molar-refractivity contribution in [1.82, 2.24) is 4.57 Å². The lowest BCUT2D eigenvalue weighted by Gasteiger charge is -2.14. The second kappa shape index (κ2) is 9.19. The molecule has 4 heteroatoms. The summed E-state index contributed by atoms with van der Waals surface area (Å²) in [5.41, 5.74) is 12.8. The number of hydrogen-bond donors (Lipinski definition) is 0. The van der Waals surface area contributed by atoms with E-state index in [1.807, 2.05) is 30.3 Å². The zero-order valence-corrected chi connectivity index (χ0v) is 23.2. The van der Waals surface area contributed by atoms with Gasteiger partial charge < -0.3 is 13.7 Å². The van der Waals surface area contributed by atoms with Crippen LogP contribution in [-0.4, -0.2) is 4.57 Å². The Bertz CT molecular complexity index is 2450. The van der Waals surface area contributed by atoms with E-state index < -0.39 is 0 Å². The van der Waals surface area contributed by atoms with Crippen molar-refractivity contribution < 1.29 is 9.15 Å². The van der Waals surface area contributed by atoms with Crippen LogP contribution >= 0.6 is 0 Å². The normalized spacial score (nSPS) is 12.8. The lowest BCUT2D eigenvalue weighted by molar-refractivity contribution is 0.110. The van der Waals surface area contributed by atoms with E-state index >= 15 is 0 Å². The van der Waals surface area contributed by atoms with Crippen LogP contribution in [0.2, 0.25) is 0 Å². The summed E-state index contributed by atoms with van der Waals surface area (Å²) >= 11 is 0. The number of hydrogen-bond acceptors (Lipinski definition) is 2. The number of fused-ring (bicyclic) bond motifs is 9. The third kappa shape index (κ3) is 3.59. The second-order valence-corrected chi connectivity index (χ2v) is 11.1. The molecule has 1 aliphatic heterocycles. The Labute approximate surface area is 247 Å².